The van der Waals surface area contributed by atoms with E-state index in [9.17, 15) is 9.59 Å². The van der Waals surface area contributed by atoms with E-state index in [1.807, 2.05) is 6.20 Å². The molecule has 3 aliphatic rings. The molecule has 3 aromatic carbocycles. The van der Waals surface area contributed by atoms with Gasteiger partial charge in [-0.3, -0.25) is 4.79 Å². The lowest BCUT2D eigenvalue weighted by Gasteiger charge is -2.30. The first kappa shape index (κ1) is 33.2. The van der Waals surface area contributed by atoms with Crippen LogP contribution in [-0.2, 0) is 25.6 Å². The molecule has 266 valence electrons. The predicted molar refractivity (Wildman–Crippen MR) is 191 cm³/mol. The largest absolute Gasteiger partial charge is 0.488 e. The van der Waals surface area contributed by atoms with Gasteiger partial charge >= 0.3 is 6.09 Å². The highest BCUT2D eigenvalue weighted by molar-refractivity contribution is 6.07. The lowest BCUT2D eigenvalue weighted by atomic mass is 9.92. The molecule has 13 nitrogen and oxygen atoms in total. The van der Waals surface area contributed by atoms with E-state index in [4.69, 9.17) is 28.9 Å². The second-order valence-electron chi connectivity index (χ2n) is 13.8. The quantitative estimate of drug-likeness (QED) is 0.159. The highest BCUT2D eigenvalue weighted by Gasteiger charge is 2.39. The van der Waals surface area contributed by atoms with Crippen molar-refractivity contribution in [3.8, 4) is 28.1 Å². The summed E-state index contributed by atoms with van der Waals surface area (Å²) in [6.07, 6.45) is 3.16. The smallest absolute Gasteiger partial charge is 0.407 e. The fourth-order valence-corrected chi connectivity index (χ4v) is 7.87. The predicted octanol–water partition coefficient (Wildman–Crippen LogP) is 5.39. The number of aromatic nitrogens is 4. The van der Waals surface area contributed by atoms with Gasteiger partial charge in [0.15, 0.2) is 0 Å². The molecule has 0 bridgehead atoms. The number of methoxy groups -OCH3 is 3. The van der Waals surface area contributed by atoms with Gasteiger partial charge in [-0.25, -0.2) is 14.8 Å². The van der Waals surface area contributed by atoms with E-state index >= 15 is 0 Å². The first-order valence-electron chi connectivity index (χ1n) is 17.5. The van der Waals surface area contributed by atoms with Gasteiger partial charge in [-0.05, 0) is 78.4 Å². The van der Waals surface area contributed by atoms with Crippen LogP contribution in [0.4, 0.5) is 4.79 Å². The zero-order valence-corrected chi connectivity index (χ0v) is 29.2. The summed E-state index contributed by atoms with van der Waals surface area (Å²) in [6, 6.07) is 14.0. The highest BCUT2D eigenvalue weighted by Crippen LogP contribution is 2.43. The van der Waals surface area contributed by atoms with Crippen molar-refractivity contribution >= 4 is 33.8 Å². The van der Waals surface area contributed by atoms with Crippen LogP contribution in [0.3, 0.4) is 0 Å². The number of rotatable bonds is 9. The maximum absolute atomic E-state index is 13.7. The maximum atomic E-state index is 13.7. The molecule has 2 aromatic heterocycles. The van der Waals surface area contributed by atoms with Gasteiger partial charge in [-0.2, -0.15) is 0 Å². The molecule has 8 rings (SSSR count). The summed E-state index contributed by atoms with van der Waals surface area (Å²) in [4.78, 5) is 44.2. The topological polar surface area (TPSA) is 156 Å². The SMILES string of the molecule is COC[C@@H]1CN[C@H](c2nc3ccc4cc5c(cc4c3[nH]2)OCc2cc(-c3cnc([C@@H]4CCCN4C(=O)[C@@H](NC(=O)OC)[C@@H](C)OC)[nH]3)ccc2-5)C1. The van der Waals surface area contributed by atoms with Gasteiger partial charge in [0.05, 0.1) is 54.8 Å². The van der Waals surface area contributed by atoms with Gasteiger partial charge in [0.25, 0.3) is 0 Å². The minimum absolute atomic E-state index is 0.181. The number of aromatic amines is 2. The van der Waals surface area contributed by atoms with Crippen LogP contribution in [0.1, 0.15) is 55.5 Å². The third-order valence-corrected chi connectivity index (χ3v) is 10.6. The van der Waals surface area contributed by atoms with E-state index in [-0.39, 0.29) is 18.0 Å². The van der Waals surface area contributed by atoms with Crippen molar-refractivity contribution in [1.82, 2.24) is 35.5 Å². The number of nitrogens with one attached hydrogen (secondary N) is 4. The van der Waals surface area contributed by atoms with Crippen LogP contribution in [0.2, 0.25) is 0 Å². The second-order valence-corrected chi connectivity index (χ2v) is 13.8. The van der Waals surface area contributed by atoms with Crippen LogP contribution < -0.4 is 15.4 Å². The number of fused-ring (bicyclic) bond motifs is 6. The molecule has 4 N–H and O–H groups in total. The standard InChI is InChI=1S/C38H43N7O6/c1-20(49-3)33(44-38(47)50-4)37(46)45-11-5-6-31(45)36-40-17-30(42-36)23-7-9-25-24(13-23)19-51-32-15-26-22(14-27(25)32)8-10-28-34(26)43-35(41-28)29-12-21(16-39-29)18-48-2/h7-10,13-15,17,20-21,29,31,33,39H,5-6,11-12,16,18-19H2,1-4H3,(H,40,42)(H,41,43)(H,44,47)/t20-,21+,29+,31+,33+/m1/s1. The van der Waals surface area contributed by atoms with Gasteiger partial charge in [-0.15, -0.1) is 0 Å². The van der Waals surface area contributed by atoms with E-state index in [1.54, 1.807) is 18.9 Å². The molecule has 51 heavy (non-hydrogen) atoms. The molecule has 0 spiro atoms. The van der Waals surface area contributed by atoms with Gasteiger partial charge in [0.1, 0.15) is 30.0 Å². The fraction of sp³-hybridized carbons (Fsp3) is 0.421. The lowest BCUT2D eigenvalue weighted by Crippen LogP contribution is -2.54. The monoisotopic (exact) mass is 693 g/mol. The lowest BCUT2D eigenvalue weighted by molar-refractivity contribution is -0.137. The van der Waals surface area contributed by atoms with Crippen LogP contribution in [0.25, 0.3) is 44.2 Å². The molecule has 0 unspecified atom stereocenters. The Balaban J connectivity index is 1.03. The Bertz CT molecular complexity index is 2110. The Morgan fingerprint density at radius 2 is 1.96 bits per heavy atom. The number of hydrogen-bond acceptors (Lipinski definition) is 9. The van der Waals surface area contributed by atoms with Gasteiger partial charge < -0.3 is 44.4 Å². The number of hydrogen-bond donors (Lipinski definition) is 4. The van der Waals surface area contributed by atoms with E-state index in [0.717, 1.165) is 93.7 Å². The summed E-state index contributed by atoms with van der Waals surface area (Å²) < 4.78 is 21.9. The number of carbonyl (C=O) groups is 2. The van der Waals surface area contributed by atoms with Crippen molar-refractivity contribution in [3.05, 3.63) is 65.9 Å². The molecule has 2 saturated heterocycles. The molecule has 0 saturated carbocycles. The summed E-state index contributed by atoms with van der Waals surface area (Å²) in [6.45, 7) is 4.41. The van der Waals surface area contributed by atoms with Crippen LogP contribution in [0.5, 0.6) is 5.75 Å². The zero-order valence-electron chi connectivity index (χ0n) is 29.2. The average Bonchev–Trinajstić information content (AvgIpc) is 3.98. The summed E-state index contributed by atoms with van der Waals surface area (Å²) >= 11 is 0. The van der Waals surface area contributed by atoms with E-state index in [2.05, 4.69) is 63.1 Å². The Hall–Kier alpha value is -4.98. The third-order valence-electron chi connectivity index (χ3n) is 10.6. The highest BCUT2D eigenvalue weighted by atomic mass is 16.5. The normalized spacial score (nSPS) is 20.9. The minimum atomic E-state index is -0.885. The van der Waals surface area contributed by atoms with Crippen molar-refractivity contribution in [1.29, 1.82) is 0 Å². The third kappa shape index (κ3) is 6.08. The summed E-state index contributed by atoms with van der Waals surface area (Å²) in [5.41, 5.74) is 7.08. The van der Waals surface area contributed by atoms with Crippen molar-refractivity contribution in [2.24, 2.45) is 5.92 Å². The van der Waals surface area contributed by atoms with Gasteiger partial charge in [0.2, 0.25) is 5.91 Å². The number of amides is 2. The first-order chi connectivity index (χ1) is 24.8. The number of imidazole rings is 2. The number of alkyl carbamates (subject to hydrolysis) is 1. The van der Waals surface area contributed by atoms with Crippen LogP contribution in [-0.4, -0.2) is 90.0 Å². The summed E-state index contributed by atoms with van der Waals surface area (Å²) in [5.74, 6) is 2.76. The van der Waals surface area contributed by atoms with Gasteiger partial charge in [0, 0.05) is 38.3 Å². The first-order valence-corrected chi connectivity index (χ1v) is 17.5. The van der Waals surface area contributed by atoms with Crippen molar-refractivity contribution in [2.75, 3.05) is 41.0 Å². The molecular formula is C38H43N7O6. The molecule has 2 fully saturated rings. The van der Waals surface area contributed by atoms with E-state index in [0.29, 0.717) is 24.9 Å². The number of H-pyrrole nitrogens is 2. The number of likely N-dealkylation sites (tertiary alicyclic amines) is 1. The van der Waals surface area contributed by atoms with Crippen LogP contribution >= 0.6 is 0 Å². The van der Waals surface area contributed by atoms with E-state index in [1.165, 1.54) is 14.2 Å². The Morgan fingerprint density at radius 3 is 2.78 bits per heavy atom. The summed E-state index contributed by atoms with van der Waals surface area (Å²) in [7, 11) is 4.53. The molecular weight excluding hydrogens is 650 g/mol. The maximum Gasteiger partial charge on any atom is 0.407 e. The molecule has 5 atom stereocenters. The second kappa shape index (κ2) is 13.6. The average molecular weight is 694 g/mol. The minimum Gasteiger partial charge on any atom is -0.488 e. The van der Waals surface area contributed by atoms with E-state index < -0.39 is 18.2 Å². The van der Waals surface area contributed by atoms with Crippen molar-refractivity contribution in [2.45, 2.75) is 57.0 Å². The molecule has 3 aliphatic heterocycles. The van der Waals surface area contributed by atoms with Crippen molar-refractivity contribution in [3.63, 3.8) is 0 Å². The van der Waals surface area contributed by atoms with Crippen LogP contribution in [0.15, 0.2) is 48.7 Å². The molecule has 2 amide bonds. The Kier molecular flexibility index (Phi) is 8.86. The summed E-state index contributed by atoms with van der Waals surface area (Å²) in [5, 5.41) is 8.43. The Morgan fingerprint density at radius 1 is 1.08 bits per heavy atom. The zero-order chi connectivity index (χ0) is 35.2. The number of ether oxygens (including phenoxy) is 4. The van der Waals surface area contributed by atoms with Crippen LogP contribution in [0, 0.1) is 5.92 Å². The molecule has 13 heteroatoms. The van der Waals surface area contributed by atoms with Crippen molar-refractivity contribution < 1.29 is 28.5 Å². The number of benzene rings is 3. The molecule has 5 heterocycles. The van der Waals surface area contributed by atoms with Gasteiger partial charge in [-0.1, -0.05) is 18.2 Å². The number of nitrogens with zero attached hydrogens (tertiary/aromatic N) is 3. The Labute approximate surface area is 295 Å². The fourth-order valence-electron chi connectivity index (χ4n) is 7.87. The molecule has 0 radical (unpaired) electrons. The molecule has 5 aromatic rings. The number of carbonyl (C=O) groups excluding carboxylic acids is 2. The molecule has 0 aliphatic carbocycles.